The SMILES string of the molecule is CC(=O)Nc1ccccc1Cn1c(C)cc(=O)c2ccc(-c3c(C)noc3C)cc21. The molecule has 6 nitrogen and oxygen atoms in total. The molecule has 0 radical (unpaired) electrons. The third-order valence-corrected chi connectivity index (χ3v) is 5.30. The van der Waals surface area contributed by atoms with E-state index in [1.807, 2.05) is 63.2 Å². The van der Waals surface area contributed by atoms with Gasteiger partial charge in [-0.25, -0.2) is 0 Å². The van der Waals surface area contributed by atoms with Crippen LogP contribution in [0.4, 0.5) is 5.69 Å². The molecular formula is C24H23N3O3. The Morgan fingerprint density at radius 1 is 1.10 bits per heavy atom. The third-order valence-electron chi connectivity index (χ3n) is 5.30. The summed E-state index contributed by atoms with van der Waals surface area (Å²) in [6.07, 6.45) is 0. The zero-order valence-electron chi connectivity index (χ0n) is 17.4. The molecule has 0 spiro atoms. The molecule has 0 saturated heterocycles. The van der Waals surface area contributed by atoms with E-state index in [1.165, 1.54) is 6.92 Å². The number of benzene rings is 2. The Morgan fingerprint density at radius 3 is 2.57 bits per heavy atom. The van der Waals surface area contributed by atoms with Gasteiger partial charge in [0, 0.05) is 41.9 Å². The van der Waals surface area contributed by atoms with E-state index in [0.29, 0.717) is 11.9 Å². The van der Waals surface area contributed by atoms with Crippen LogP contribution >= 0.6 is 0 Å². The fraction of sp³-hybridized carbons (Fsp3) is 0.208. The van der Waals surface area contributed by atoms with Crippen molar-refractivity contribution in [1.82, 2.24) is 9.72 Å². The number of carbonyl (C=O) groups excluding carboxylic acids is 1. The summed E-state index contributed by atoms with van der Waals surface area (Å²) in [5, 5.41) is 7.59. The molecule has 2 aromatic heterocycles. The van der Waals surface area contributed by atoms with Gasteiger partial charge in [-0.1, -0.05) is 29.4 Å². The number of fused-ring (bicyclic) bond motifs is 1. The van der Waals surface area contributed by atoms with Crippen LogP contribution in [0.2, 0.25) is 0 Å². The van der Waals surface area contributed by atoms with Crippen molar-refractivity contribution < 1.29 is 9.32 Å². The Morgan fingerprint density at radius 2 is 1.87 bits per heavy atom. The first-order chi connectivity index (χ1) is 14.3. The summed E-state index contributed by atoms with van der Waals surface area (Å²) in [6, 6.07) is 15.1. The first-order valence-electron chi connectivity index (χ1n) is 9.78. The van der Waals surface area contributed by atoms with Crippen molar-refractivity contribution in [3.8, 4) is 11.1 Å². The molecule has 0 atom stereocenters. The highest BCUT2D eigenvalue weighted by Gasteiger charge is 2.15. The molecule has 0 unspecified atom stereocenters. The van der Waals surface area contributed by atoms with Crippen LogP contribution < -0.4 is 10.7 Å². The van der Waals surface area contributed by atoms with Crippen molar-refractivity contribution in [2.45, 2.75) is 34.2 Å². The van der Waals surface area contributed by atoms with Crippen LogP contribution in [0.3, 0.4) is 0 Å². The van der Waals surface area contributed by atoms with Gasteiger partial charge in [0.05, 0.1) is 11.2 Å². The van der Waals surface area contributed by atoms with Crippen LogP contribution in [-0.2, 0) is 11.3 Å². The third kappa shape index (κ3) is 3.52. The van der Waals surface area contributed by atoms with Crippen molar-refractivity contribution in [3.63, 3.8) is 0 Å². The van der Waals surface area contributed by atoms with E-state index in [9.17, 15) is 9.59 Å². The van der Waals surface area contributed by atoms with Crippen LogP contribution in [-0.4, -0.2) is 15.6 Å². The first-order valence-corrected chi connectivity index (χ1v) is 9.78. The monoisotopic (exact) mass is 401 g/mol. The highest BCUT2D eigenvalue weighted by molar-refractivity contribution is 5.90. The van der Waals surface area contributed by atoms with Crippen LogP contribution in [0.1, 0.15) is 29.6 Å². The lowest BCUT2D eigenvalue weighted by Crippen LogP contribution is -2.15. The quantitative estimate of drug-likeness (QED) is 0.543. The van der Waals surface area contributed by atoms with E-state index in [0.717, 1.165) is 45.0 Å². The van der Waals surface area contributed by atoms with Crippen molar-refractivity contribution in [2.24, 2.45) is 0 Å². The molecule has 6 heteroatoms. The summed E-state index contributed by atoms with van der Waals surface area (Å²) in [6.45, 7) is 7.72. The summed E-state index contributed by atoms with van der Waals surface area (Å²) >= 11 is 0. The predicted octanol–water partition coefficient (Wildman–Crippen LogP) is 4.59. The molecule has 2 aromatic carbocycles. The molecule has 0 aliphatic rings. The van der Waals surface area contributed by atoms with Crippen molar-refractivity contribution in [2.75, 3.05) is 5.32 Å². The van der Waals surface area contributed by atoms with Gasteiger partial charge in [0.1, 0.15) is 5.76 Å². The van der Waals surface area contributed by atoms with E-state index in [4.69, 9.17) is 4.52 Å². The van der Waals surface area contributed by atoms with E-state index in [1.54, 1.807) is 6.07 Å². The van der Waals surface area contributed by atoms with Gasteiger partial charge in [-0.05, 0) is 50.1 Å². The molecule has 0 saturated carbocycles. The second-order valence-electron chi connectivity index (χ2n) is 7.51. The maximum absolute atomic E-state index is 12.6. The fourth-order valence-electron chi connectivity index (χ4n) is 3.90. The number of nitrogens with one attached hydrogen (secondary N) is 1. The van der Waals surface area contributed by atoms with Crippen molar-refractivity contribution in [3.05, 3.63) is 81.5 Å². The smallest absolute Gasteiger partial charge is 0.221 e. The maximum Gasteiger partial charge on any atom is 0.221 e. The highest BCUT2D eigenvalue weighted by Crippen LogP contribution is 2.30. The van der Waals surface area contributed by atoms with E-state index >= 15 is 0 Å². The molecule has 1 N–H and O–H groups in total. The molecule has 4 rings (SSSR count). The molecule has 30 heavy (non-hydrogen) atoms. The van der Waals surface area contributed by atoms with Gasteiger partial charge in [-0.15, -0.1) is 0 Å². The summed E-state index contributed by atoms with van der Waals surface area (Å²) in [5.41, 5.74) is 6.09. The number of nitrogens with zero attached hydrogens (tertiary/aromatic N) is 2. The minimum atomic E-state index is -0.121. The lowest BCUT2D eigenvalue weighted by molar-refractivity contribution is -0.114. The zero-order valence-corrected chi connectivity index (χ0v) is 17.4. The minimum Gasteiger partial charge on any atom is -0.361 e. The zero-order chi connectivity index (χ0) is 21.4. The number of carbonyl (C=O) groups is 1. The number of aromatic nitrogens is 2. The van der Waals surface area contributed by atoms with Gasteiger partial charge < -0.3 is 14.4 Å². The molecule has 4 aromatic rings. The van der Waals surface area contributed by atoms with Crippen LogP contribution in [0, 0.1) is 20.8 Å². The van der Waals surface area contributed by atoms with Gasteiger partial charge in [0.2, 0.25) is 5.91 Å². The number of aryl methyl sites for hydroxylation is 3. The number of para-hydroxylation sites is 1. The van der Waals surface area contributed by atoms with Gasteiger partial charge in [-0.2, -0.15) is 0 Å². The second-order valence-corrected chi connectivity index (χ2v) is 7.51. The van der Waals surface area contributed by atoms with Gasteiger partial charge in [0.15, 0.2) is 5.43 Å². The largest absolute Gasteiger partial charge is 0.361 e. The fourth-order valence-corrected chi connectivity index (χ4v) is 3.90. The van der Waals surface area contributed by atoms with E-state index < -0.39 is 0 Å². The molecule has 2 heterocycles. The summed E-state index contributed by atoms with van der Waals surface area (Å²) < 4.78 is 7.43. The van der Waals surface area contributed by atoms with Crippen molar-refractivity contribution >= 4 is 22.5 Å². The van der Waals surface area contributed by atoms with E-state index in [-0.39, 0.29) is 11.3 Å². The summed E-state index contributed by atoms with van der Waals surface area (Å²) in [5.74, 6) is 0.619. The molecular weight excluding hydrogens is 378 g/mol. The Balaban J connectivity index is 1.91. The predicted molar refractivity (Wildman–Crippen MR) is 118 cm³/mol. The number of amides is 1. The van der Waals surface area contributed by atoms with Crippen LogP contribution in [0.15, 0.2) is 57.8 Å². The van der Waals surface area contributed by atoms with Crippen LogP contribution in [0.5, 0.6) is 0 Å². The first kappa shape index (κ1) is 19.6. The summed E-state index contributed by atoms with van der Waals surface area (Å²) in [7, 11) is 0. The topological polar surface area (TPSA) is 77.1 Å². The van der Waals surface area contributed by atoms with Gasteiger partial charge >= 0.3 is 0 Å². The lowest BCUT2D eigenvalue weighted by atomic mass is 10.0. The number of hydrogen-bond acceptors (Lipinski definition) is 4. The number of pyridine rings is 1. The lowest BCUT2D eigenvalue weighted by Gasteiger charge is -2.18. The molecule has 0 bridgehead atoms. The molecule has 1 amide bonds. The normalized spacial score (nSPS) is 11.1. The number of rotatable bonds is 4. The number of hydrogen-bond donors (Lipinski definition) is 1. The molecule has 0 aliphatic carbocycles. The minimum absolute atomic E-state index is 0.0146. The average Bonchev–Trinajstić information content (AvgIpc) is 3.03. The van der Waals surface area contributed by atoms with Gasteiger partial charge in [0.25, 0.3) is 0 Å². The molecule has 0 aliphatic heterocycles. The molecule has 0 fully saturated rings. The standard InChI is InChI=1S/C24H23N3O3/c1-14-11-23(29)20-10-9-18(24-15(2)26-30-16(24)3)12-22(20)27(14)13-19-7-5-6-8-21(19)25-17(4)28/h5-12H,13H2,1-4H3,(H,25,28). The van der Waals surface area contributed by atoms with E-state index in [2.05, 4.69) is 15.0 Å². The Labute approximate surface area is 174 Å². The Bertz CT molecular complexity index is 1310. The summed E-state index contributed by atoms with van der Waals surface area (Å²) in [4.78, 5) is 24.3. The Kier molecular flexibility index (Phi) is 4.99. The Hall–Kier alpha value is -3.67. The maximum atomic E-state index is 12.6. The molecule has 152 valence electrons. The highest BCUT2D eigenvalue weighted by atomic mass is 16.5. The average molecular weight is 401 g/mol. The van der Waals surface area contributed by atoms with Gasteiger partial charge in [-0.3, -0.25) is 9.59 Å². The van der Waals surface area contributed by atoms with Crippen molar-refractivity contribution in [1.29, 1.82) is 0 Å². The number of anilines is 1. The van der Waals surface area contributed by atoms with Crippen LogP contribution in [0.25, 0.3) is 22.0 Å². The second kappa shape index (κ2) is 7.63.